The van der Waals surface area contributed by atoms with Crippen LogP contribution in [-0.4, -0.2) is 24.5 Å². The number of nitrogens with zero attached hydrogens (tertiary/aromatic N) is 4. The monoisotopic (exact) mass is 439 g/mol. The van der Waals surface area contributed by atoms with E-state index >= 15 is 0 Å². The van der Waals surface area contributed by atoms with Gasteiger partial charge in [-0.05, 0) is 35.3 Å². The highest BCUT2D eigenvalue weighted by Crippen LogP contribution is 2.54. The zero-order chi connectivity index (χ0) is 22.7. The molecule has 6 heteroatoms. The first-order chi connectivity index (χ1) is 15.5. The van der Waals surface area contributed by atoms with E-state index in [0.29, 0.717) is 18.1 Å². The fourth-order valence-corrected chi connectivity index (χ4v) is 5.03. The molecule has 2 N–H and O–H groups in total. The standard InChI is InChI=1S/C26H22ClN5/c27-20-8-6-19(7-9-20)24-23-15-32(12-10-18-4-2-1-3-5-18)13-11-21(23)22(14-28)25(31)26(24,16-29)17-30/h1-9,11,23-24H,10,12-13,15,31H2/t23-,24-/m1/s1. The molecule has 2 aromatic rings. The summed E-state index contributed by atoms with van der Waals surface area (Å²) in [7, 11) is 0. The lowest BCUT2D eigenvalue weighted by Gasteiger charge is -2.45. The third-order valence-electron chi connectivity index (χ3n) is 6.53. The van der Waals surface area contributed by atoms with Crippen LogP contribution in [0.25, 0.3) is 0 Å². The van der Waals surface area contributed by atoms with Gasteiger partial charge < -0.3 is 5.73 Å². The second kappa shape index (κ2) is 8.89. The zero-order valence-corrected chi connectivity index (χ0v) is 18.3. The van der Waals surface area contributed by atoms with Crippen molar-refractivity contribution in [2.24, 2.45) is 17.1 Å². The summed E-state index contributed by atoms with van der Waals surface area (Å²) in [6.07, 6.45) is 2.93. The van der Waals surface area contributed by atoms with Gasteiger partial charge >= 0.3 is 0 Å². The van der Waals surface area contributed by atoms with E-state index in [1.54, 1.807) is 12.1 Å². The van der Waals surface area contributed by atoms with E-state index in [1.807, 2.05) is 36.4 Å². The molecular weight excluding hydrogens is 418 g/mol. The van der Waals surface area contributed by atoms with Crippen LogP contribution in [0.1, 0.15) is 17.0 Å². The number of hydrogen-bond acceptors (Lipinski definition) is 5. The fraction of sp³-hybridized carbons (Fsp3) is 0.269. The highest BCUT2D eigenvalue weighted by molar-refractivity contribution is 6.30. The highest BCUT2D eigenvalue weighted by atomic mass is 35.5. The smallest absolute Gasteiger partial charge is 0.191 e. The summed E-state index contributed by atoms with van der Waals surface area (Å²) < 4.78 is 0. The van der Waals surface area contributed by atoms with Crippen LogP contribution >= 0.6 is 11.6 Å². The van der Waals surface area contributed by atoms with E-state index in [1.165, 1.54) is 5.56 Å². The van der Waals surface area contributed by atoms with Gasteiger partial charge in [0.25, 0.3) is 0 Å². The molecule has 1 heterocycles. The Balaban J connectivity index is 1.76. The maximum Gasteiger partial charge on any atom is 0.191 e. The summed E-state index contributed by atoms with van der Waals surface area (Å²) in [4.78, 5) is 2.31. The summed E-state index contributed by atoms with van der Waals surface area (Å²) in [6, 6.07) is 24.0. The first-order valence-corrected chi connectivity index (χ1v) is 10.9. The molecule has 2 aliphatic rings. The van der Waals surface area contributed by atoms with Crippen molar-refractivity contribution in [1.29, 1.82) is 15.8 Å². The second-order valence-corrected chi connectivity index (χ2v) is 8.66. The number of fused-ring (bicyclic) bond motifs is 1. The molecule has 0 saturated heterocycles. The van der Waals surface area contributed by atoms with Crippen LogP contribution in [0.4, 0.5) is 0 Å². The van der Waals surface area contributed by atoms with Crippen molar-refractivity contribution in [2.75, 3.05) is 19.6 Å². The molecule has 5 nitrogen and oxygen atoms in total. The number of allylic oxidation sites excluding steroid dienone is 2. The summed E-state index contributed by atoms with van der Waals surface area (Å²) in [5.41, 5.74) is 7.96. The molecule has 0 bridgehead atoms. The Morgan fingerprint density at radius 2 is 1.72 bits per heavy atom. The Labute approximate surface area is 193 Å². The number of rotatable bonds is 4. The molecule has 2 aromatic carbocycles. The van der Waals surface area contributed by atoms with Gasteiger partial charge in [-0.25, -0.2) is 0 Å². The van der Waals surface area contributed by atoms with Crippen LogP contribution in [0.2, 0.25) is 5.02 Å². The van der Waals surface area contributed by atoms with Crippen molar-refractivity contribution in [2.45, 2.75) is 12.3 Å². The van der Waals surface area contributed by atoms with Gasteiger partial charge in [0.15, 0.2) is 5.41 Å². The molecule has 4 rings (SSSR count). The van der Waals surface area contributed by atoms with Crippen molar-refractivity contribution in [3.63, 3.8) is 0 Å². The molecular formula is C26H22ClN5. The Morgan fingerprint density at radius 3 is 2.34 bits per heavy atom. The zero-order valence-electron chi connectivity index (χ0n) is 17.5. The van der Waals surface area contributed by atoms with Gasteiger partial charge in [0.2, 0.25) is 0 Å². The first kappa shape index (κ1) is 21.7. The van der Waals surface area contributed by atoms with Crippen LogP contribution < -0.4 is 5.73 Å². The molecule has 158 valence electrons. The first-order valence-electron chi connectivity index (χ1n) is 10.5. The fourth-order valence-electron chi connectivity index (χ4n) is 4.90. The number of nitrogens with two attached hydrogens (primary N) is 1. The molecule has 0 spiro atoms. The van der Waals surface area contributed by atoms with Crippen LogP contribution in [-0.2, 0) is 6.42 Å². The largest absolute Gasteiger partial charge is 0.399 e. The lowest BCUT2D eigenvalue weighted by Crippen LogP contribution is -2.48. The minimum absolute atomic E-state index is 0.0465. The van der Waals surface area contributed by atoms with E-state index < -0.39 is 11.3 Å². The Morgan fingerprint density at radius 1 is 1.03 bits per heavy atom. The maximum absolute atomic E-state index is 10.2. The molecule has 1 aliphatic carbocycles. The van der Waals surface area contributed by atoms with Gasteiger partial charge in [-0.2, -0.15) is 15.8 Å². The molecule has 0 fully saturated rings. The lowest BCUT2D eigenvalue weighted by atomic mass is 9.58. The van der Waals surface area contributed by atoms with Gasteiger partial charge in [0.1, 0.15) is 6.07 Å². The summed E-state index contributed by atoms with van der Waals surface area (Å²) >= 11 is 6.10. The predicted octanol–water partition coefficient (Wildman–Crippen LogP) is 4.31. The maximum atomic E-state index is 10.2. The third-order valence-corrected chi connectivity index (χ3v) is 6.78. The van der Waals surface area contributed by atoms with E-state index in [9.17, 15) is 15.8 Å². The van der Waals surface area contributed by atoms with Gasteiger partial charge in [-0.15, -0.1) is 0 Å². The van der Waals surface area contributed by atoms with Crippen LogP contribution in [0, 0.1) is 45.3 Å². The van der Waals surface area contributed by atoms with E-state index in [4.69, 9.17) is 17.3 Å². The molecule has 0 radical (unpaired) electrons. The summed E-state index contributed by atoms with van der Waals surface area (Å²) in [5.74, 6) is -0.709. The third kappa shape index (κ3) is 3.65. The minimum Gasteiger partial charge on any atom is -0.399 e. The molecule has 0 unspecified atom stereocenters. The van der Waals surface area contributed by atoms with Gasteiger partial charge in [-0.1, -0.05) is 60.1 Å². The molecule has 0 aromatic heterocycles. The van der Waals surface area contributed by atoms with Gasteiger partial charge in [0.05, 0.1) is 23.4 Å². The number of benzene rings is 2. The predicted molar refractivity (Wildman–Crippen MR) is 123 cm³/mol. The lowest BCUT2D eigenvalue weighted by molar-refractivity contribution is 0.209. The Hall–Kier alpha value is -3.56. The quantitative estimate of drug-likeness (QED) is 0.764. The highest BCUT2D eigenvalue weighted by Gasteiger charge is 2.54. The normalized spacial score (nSPS) is 22.1. The average molecular weight is 440 g/mol. The second-order valence-electron chi connectivity index (χ2n) is 8.22. The van der Waals surface area contributed by atoms with E-state index in [-0.39, 0.29) is 17.2 Å². The molecule has 0 saturated carbocycles. The van der Waals surface area contributed by atoms with Crippen molar-refractivity contribution < 1.29 is 0 Å². The van der Waals surface area contributed by atoms with Gasteiger partial charge in [0, 0.05) is 36.5 Å². The Kier molecular flexibility index (Phi) is 6.02. The van der Waals surface area contributed by atoms with Crippen molar-refractivity contribution >= 4 is 11.6 Å². The van der Waals surface area contributed by atoms with Crippen LogP contribution in [0.15, 0.2) is 77.5 Å². The number of halogens is 1. The number of nitriles is 3. The molecule has 0 amide bonds. The van der Waals surface area contributed by atoms with Crippen molar-refractivity contribution in [3.05, 3.63) is 93.7 Å². The van der Waals surface area contributed by atoms with Crippen molar-refractivity contribution in [1.82, 2.24) is 4.90 Å². The van der Waals surface area contributed by atoms with Crippen LogP contribution in [0.5, 0.6) is 0 Å². The Bertz CT molecular complexity index is 1180. The SMILES string of the molecule is N#CC1=C(N)C(C#N)(C#N)[C@H](c2ccc(Cl)cc2)[C@@H]2CN(CCc3ccccc3)CC=C12. The van der Waals surface area contributed by atoms with E-state index in [0.717, 1.165) is 24.1 Å². The topological polar surface area (TPSA) is 101 Å². The van der Waals surface area contributed by atoms with E-state index in [2.05, 4.69) is 35.2 Å². The molecule has 32 heavy (non-hydrogen) atoms. The molecule has 1 aliphatic heterocycles. The van der Waals surface area contributed by atoms with Crippen LogP contribution in [0.3, 0.4) is 0 Å². The van der Waals surface area contributed by atoms with Gasteiger partial charge in [-0.3, -0.25) is 4.90 Å². The average Bonchev–Trinajstić information content (AvgIpc) is 2.83. The summed E-state index contributed by atoms with van der Waals surface area (Å²) in [5, 5.41) is 30.8. The minimum atomic E-state index is -1.62. The number of hydrogen-bond donors (Lipinski definition) is 1. The van der Waals surface area contributed by atoms with Crippen molar-refractivity contribution in [3.8, 4) is 18.2 Å². The summed E-state index contributed by atoms with van der Waals surface area (Å²) in [6.45, 7) is 2.16. The molecule has 2 atom stereocenters.